The van der Waals surface area contributed by atoms with Crippen molar-refractivity contribution in [3.63, 3.8) is 0 Å². The maximum Gasteiger partial charge on any atom is 0.323 e. The Hall–Kier alpha value is -4.72. The van der Waals surface area contributed by atoms with Gasteiger partial charge in [0.15, 0.2) is 0 Å². The van der Waals surface area contributed by atoms with Gasteiger partial charge in [0.2, 0.25) is 0 Å². The van der Waals surface area contributed by atoms with Crippen LogP contribution < -0.4 is 30.5 Å². The molecule has 0 aliphatic carbocycles. The third-order valence-corrected chi connectivity index (χ3v) is 7.00. The van der Waals surface area contributed by atoms with Gasteiger partial charge in [0.05, 0.1) is 24.0 Å². The van der Waals surface area contributed by atoms with Crippen LogP contribution in [-0.2, 0) is 0 Å². The fraction of sp³-hybridized carbons (Fsp3) is 0.250. The molecule has 3 N–H and O–H groups in total. The van der Waals surface area contributed by atoms with Gasteiger partial charge in [0.25, 0.3) is 5.91 Å². The molecule has 1 fully saturated rings. The van der Waals surface area contributed by atoms with Crippen molar-refractivity contribution >= 4 is 45.5 Å². The number of nitrogens with zero attached hydrogens (tertiary/aromatic N) is 2. The zero-order chi connectivity index (χ0) is 28.1. The summed E-state index contributed by atoms with van der Waals surface area (Å²) in [6, 6.07) is 26.8. The molecule has 5 rings (SSSR count). The van der Waals surface area contributed by atoms with E-state index in [0.29, 0.717) is 11.3 Å². The largest absolute Gasteiger partial charge is 0.495 e. The topological polar surface area (TPSA) is 85.9 Å². The zero-order valence-electron chi connectivity index (χ0n) is 23.1. The Morgan fingerprint density at radius 2 is 1.45 bits per heavy atom. The molecule has 0 unspecified atom stereocenters. The number of amides is 3. The van der Waals surface area contributed by atoms with Gasteiger partial charge in [-0.1, -0.05) is 48.5 Å². The minimum absolute atomic E-state index is 0.0194. The van der Waals surface area contributed by atoms with Crippen LogP contribution in [-0.4, -0.2) is 51.3 Å². The molecular formula is C32H35N5O3. The van der Waals surface area contributed by atoms with E-state index in [2.05, 4.69) is 31.8 Å². The van der Waals surface area contributed by atoms with Gasteiger partial charge in [0, 0.05) is 49.0 Å². The summed E-state index contributed by atoms with van der Waals surface area (Å²) >= 11 is 0. The lowest BCUT2D eigenvalue weighted by Crippen LogP contribution is -2.47. The third kappa shape index (κ3) is 5.96. The Morgan fingerprint density at radius 1 is 0.775 bits per heavy atom. The summed E-state index contributed by atoms with van der Waals surface area (Å²) in [5.74, 6) is 0.681. The van der Waals surface area contributed by atoms with Crippen LogP contribution in [0.5, 0.6) is 5.75 Å². The van der Waals surface area contributed by atoms with Gasteiger partial charge in [-0.3, -0.25) is 4.79 Å². The molecule has 1 aliphatic rings. The summed E-state index contributed by atoms with van der Waals surface area (Å²) in [6.07, 6.45) is 0. The van der Waals surface area contributed by atoms with Crippen LogP contribution in [0.3, 0.4) is 0 Å². The average molecular weight is 538 g/mol. The highest BCUT2D eigenvalue weighted by Gasteiger charge is 2.24. The van der Waals surface area contributed by atoms with E-state index >= 15 is 0 Å². The summed E-state index contributed by atoms with van der Waals surface area (Å²) in [6.45, 7) is 6.94. The standard InChI is InChI=1S/C32H35N5O3/c1-22(2)33-31(38)26-21-24(34-32(39)35-27-12-8-10-23-9-4-5-11-25(23)27)15-16-28(26)36-17-19-37(20-18-36)29-13-6-7-14-30(29)40-3/h4-16,21-22H,17-20H2,1-3H3,(H,33,38)(H2,34,35,39). The van der Waals surface area contributed by atoms with Crippen molar-refractivity contribution in [3.05, 3.63) is 90.5 Å². The second kappa shape index (κ2) is 12.0. The summed E-state index contributed by atoms with van der Waals surface area (Å²) in [7, 11) is 1.69. The van der Waals surface area contributed by atoms with Crippen LogP contribution in [0.1, 0.15) is 24.2 Å². The Labute approximate surface area is 234 Å². The first-order valence-electron chi connectivity index (χ1n) is 13.6. The minimum Gasteiger partial charge on any atom is -0.495 e. The number of urea groups is 1. The number of fused-ring (bicyclic) bond motifs is 1. The zero-order valence-corrected chi connectivity index (χ0v) is 23.1. The van der Waals surface area contributed by atoms with E-state index in [4.69, 9.17) is 4.74 Å². The lowest BCUT2D eigenvalue weighted by atomic mass is 10.1. The highest BCUT2D eigenvalue weighted by Crippen LogP contribution is 2.31. The van der Waals surface area contributed by atoms with E-state index < -0.39 is 0 Å². The maximum atomic E-state index is 13.3. The number of rotatable bonds is 7. The molecule has 4 aromatic rings. The lowest BCUT2D eigenvalue weighted by Gasteiger charge is -2.38. The molecule has 0 saturated carbocycles. The molecule has 8 heteroatoms. The molecule has 0 atom stereocenters. The van der Waals surface area contributed by atoms with Gasteiger partial charge >= 0.3 is 6.03 Å². The van der Waals surface area contributed by atoms with E-state index in [1.54, 1.807) is 13.2 Å². The molecule has 3 amide bonds. The van der Waals surface area contributed by atoms with E-state index in [0.717, 1.165) is 59.8 Å². The number of piperazine rings is 1. The summed E-state index contributed by atoms with van der Waals surface area (Å²) < 4.78 is 5.55. The Bertz CT molecular complexity index is 1510. The van der Waals surface area contributed by atoms with Crippen molar-refractivity contribution in [2.75, 3.05) is 53.7 Å². The molecule has 0 spiro atoms. The van der Waals surface area contributed by atoms with Gasteiger partial charge in [-0.2, -0.15) is 0 Å². The third-order valence-electron chi connectivity index (χ3n) is 7.00. The quantitative estimate of drug-likeness (QED) is 0.271. The van der Waals surface area contributed by atoms with Crippen LogP contribution in [0, 0.1) is 0 Å². The van der Waals surface area contributed by atoms with Gasteiger partial charge < -0.3 is 30.5 Å². The first-order valence-corrected chi connectivity index (χ1v) is 13.6. The summed E-state index contributed by atoms with van der Waals surface area (Å²) in [5.41, 5.74) is 3.71. The molecule has 1 heterocycles. The van der Waals surface area contributed by atoms with E-state index in [-0.39, 0.29) is 18.0 Å². The van der Waals surface area contributed by atoms with Gasteiger partial charge in [-0.15, -0.1) is 0 Å². The van der Waals surface area contributed by atoms with Crippen molar-refractivity contribution in [1.82, 2.24) is 5.32 Å². The lowest BCUT2D eigenvalue weighted by molar-refractivity contribution is 0.0943. The number of methoxy groups -OCH3 is 1. The predicted molar refractivity (Wildman–Crippen MR) is 163 cm³/mol. The van der Waals surface area contributed by atoms with Crippen LogP contribution in [0.15, 0.2) is 84.9 Å². The first kappa shape index (κ1) is 26.9. The van der Waals surface area contributed by atoms with Gasteiger partial charge in [-0.05, 0) is 55.6 Å². The number of anilines is 4. The van der Waals surface area contributed by atoms with Crippen LogP contribution in [0.2, 0.25) is 0 Å². The van der Waals surface area contributed by atoms with Crippen LogP contribution in [0.25, 0.3) is 10.8 Å². The molecule has 1 aliphatic heterocycles. The molecule has 206 valence electrons. The number of benzene rings is 4. The second-order valence-electron chi connectivity index (χ2n) is 10.1. The highest BCUT2D eigenvalue weighted by atomic mass is 16.5. The number of ether oxygens (including phenoxy) is 1. The second-order valence-corrected chi connectivity index (χ2v) is 10.1. The molecule has 0 radical (unpaired) electrons. The number of carbonyl (C=O) groups excluding carboxylic acids is 2. The highest BCUT2D eigenvalue weighted by molar-refractivity contribution is 6.07. The normalized spacial score (nSPS) is 13.3. The minimum atomic E-state index is -0.371. The Balaban J connectivity index is 1.33. The van der Waals surface area contributed by atoms with Crippen molar-refractivity contribution in [2.45, 2.75) is 19.9 Å². The summed E-state index contributed by atoms with van der Waals surface area (Å²) in [4.78, 5) is 30.7. The van der Waals surface area contributed by atoms with E-state index in [1.807, 2.05) is 86.6 Å². The maximum absolute atomic E-state index is 13.3. The van der Waals surface area contributed by atoms with E-state index in [9.17, 15) is 9.59 Å². The van der Waals surface area contributed by atoms with Crippen molar-refractivity contribution in [3.8, 4) is 5.75 Å². The molecule has 4 aromatic carbocycles. The Morgan fingerprint density at radius 3 is 2.20 bits per heavy atom. The number of carbonyl (C=O) groups is 2. The average Bonchev–Trinajstić information content (AvgIpc) is 2.97. The molecule has 0 bridgehead atoms. The van der Waals surface area contributed by atoms with Crippen LogP contribution >= 0.6 is 0 Å². The number of para-hydroxylation sites is 2. The molecule has 40 heavy (non-hydrogen) atoms. The van der Waals surface area contributed by atoms with Gasteiger partial charge in [0.1, 0.15) is 5.75 Å². The molecule has 8 nitrogen and oxygen atoms in total. The fourth-order valence-electron chi connectivity index (χ4n) is 5.11. The Kier molecular flexibility index (Phi) is 8.05. The van der Waals surface area contributed by atoms with Crippen molar-refractivity contribution < 1.29 is 14.3 Å². The number of hydrogen-bond acceptors (Lipinski definition) is 5. The molecular weight excluding hydrogens is 502 g/mol. The number of hydrogen-bond donors (Lipinski definition) is 3. The van der Waals surface area contributed by atoms with Crippen LogP contribution in [0.4, 0.5) is 27.5 Å². The predicted octanol–water partition coefficient (Wildman–Crippen LogP) is 5.96. The fourth-order valence-corrected chi connectivity index (χ4v) is 5.11. The SMILES string of the molecule is COc1ccccc1N1CCN(c2ccc(NC(=O)Nc3cccc4ccccc34)cc2C(=O)NC(C)C)CC1. The smallest absolute Gasteiger partial charge is 0.323 e. The van der Waals surface area contributed by atoms with Gasteiger partial charge in [-0.25, -0.2) is 4.79 Å². The molecule has 1 saturated heterocycles. The molecule has 0 aromatic heterocycles. The monoisotopic (exact) mass is 537 g/mol. The number of nitrogens with one attached hydrogen (secondary N) is 3. The van der Waals surface area contributed by atoms with Crippen molar-refractivity contribution in [1.29, 1.82) is 0 Å². The first-order chi connectivity index (χ1) is 19.4. The van der Waals surface area contributed by atoms with Crippen molar-refractivity contribution in [2.24, 2.45) is 0 Å². The van der Waals surface area contributed by atoms with E-state index in [1.165, 1.54) is 0 Å². The summed E-state index contributed by atoms with van der Waals surface area (Å²) in [5, 5.41) is 10.9.